The smallest absolute Gasteiger partial charge is 0.453 e. The fourth-order valence-electron chi connectivity index (χ4n) is 8.28. The van der Waals surface area contributed by atoms with Gasteiger partial charge in [-0.1, -0.05) is 25.8 Å². The third kappa shape index (κ3) is 7.72. The number of nitrogens with zero attached hydrogens (tertiary/aromatic N) is 1. The van der Waals surface area contributed by atoms with Crippen LogP contribution < -0.4 is 0 Å². The summed E-state index contributed by atoms with van der Waals surface area (Å²) in [6, 6.07) is 5.96. The number of phenols is 1. The number of thioether (sulfide) groups is 1. The van der Waals surface area contributed by atoms with Crippen LogP contribution in [0.15, 0.2) is 18.2 Å². The number of phenolic OH excluding ortho intramolecular Hbond substituents is 1. The second kappa shape index (κ2) is 13.7. The number of halogens is 5. The fraction of sp³-hybridized carbons (Fsp3) is 0.812. The van der Waals surface area contributed by atoms with Crippen molar-refractivity contribution >= 4 is 11.8 Å². The molecule has 4 rings (SSSR count). The molecule has 0 bridgehead atoms. The lowest BCUT2D eigenvalue weighted by atomic mass is 9.51. The third-order valence-electron chi connectivity index (χ3n) is 10.4. The molecule has 0 saturated heterocycles. The molecule has 0 amide bonds. The summed E-state index contributed by atoms with van der Waals surface area (Å²) in [5, 5.41) is 21.1. The van der Waals surface area contributed by atoms with Gasteiger partial charge < -0.3 is 15.1 Å². The number of benzene rings is 1. The van der Waals surface area contributed by atoms with Gasteiger partial charge in [0.2, 0.25) is 0 Å². The van der Waals surface area contributed by atoms with Crippen LogP contribution in [-0.2, 0) is 6.42 Å². The number of hydrogen-bond donors (Lipinski definition) is 2. The average molecular weight is 606 g/mol. The van der Waals surface area contributed by atoms with E-state index in [1.807, 2.05) is 12.1 Å². The molecule has 9 heteroatoms. The summed E-state index contributed by atoms with van der Waals surface area (Å²) >= 11 is 1.45. The van der Waals surface area contributed by atoms with E-state index in [0.717, 1.165) is 83.1 Å². The van der Waals surface area contributed by atoms with E-state index in [2.05, 4.69) is 24.9 Å². The number of alkyl halides is 5. The Kier molecular flexibility index (Phi) is 11.0. The molecule has 6 atom stereocenters. The number of fused-ring (bicyclic) bond motifs is 5. The minimum absolute atomic E-state index is 0.0116. The predicted molar refractivity (Wildman–Crippen MR) is 156 cm³/mol. The first-order valence-corrected chi connectivity index (χ1v) is 16.7. The van der Waals surface area contributed by atoms with Gasteiger partial charge in [0.15, 0.2) is 0 Å². The number of aromatic hydroxyl groups is 1. The van der Waals surface area contributed by atoms with E-state index in [0.29, 0.717) is 35.2 Å². The number of unbranched alkanes of at least 4 members (excludes halogenated alkanes) is 2. The van der Waals surface area contributed by atoms with Gasteiger partial charge in [0.05, 0.1) is 6.10 Å². The third-order valence-corrected chi connectivity index (χ3v) is 11.6. The molecule has 0 unspecified atom stereocenters. The molecule has 0 spiro atoms. The van der Waals surface area contributed by atoms with Crippen molar-refractivity contribution in [3.63, 3.8) is 0 Å². The normalized spacial score (nSPS) is 29.8. The van der Waals surface area contributed by atoms with Crippen LogP contribution in [0.5, 0.6) is 5.75 Å². The van der Waals surface area contributed by atoms with E-state index < -0.39 is 18.5 Å². The maximum atomic E-state index is 13.0. The van der Waals surface area contributed by atoms with E-state index in [1.54, 1.807) is 0 Å². The Balaban J connectivity index is 1.17. The highest BCUT2D eigenvalue weighted by molar-refractivity contribution is 7.99. The van der Waals surface area contributed by atoms with Crippen molar-refractivity contribution in [3.05, 3.63) is 29.3 Å². The SMILES string of the molecule is CN(CCCCC[C@H]1C[C@]2(C)[C@@H](O)CC[C@H]2[C@@H]2CCc3cc(O)ccc3[C@@H]12)CCCSCCCC(F)(F)C(F)(F)F. The number of aryl methyl sites for hydroxylation is 1. The molecule has 2 saturated carbocycles. The Labute approximate surface area is 246 Å². The van der Waals surface area contributed by atoms with Gasteiger partial charge in [-0.05, 0) is 142 Å². The lowest BCUT2D eigenvalue weighted by molar-refractivity contribution is -0.284. The molecule has 1 aromatic carbocycles. The molecule has 3 aliphatic rings. The predicted octanol–water partition coefficient (Wildman–Crippen LogP) is 8.43. The number of hydrogen-bond acceptors (Lipinski definition) is 4. The van der Waals surface area contributed by atoms with Crippen molar-refractivity contribution in [2.45, 2.75) is 108 Å². The molecule has 3 aliphatic carbocycles. The molecule has 0 aromatic heterocycles. The van der Waals surface area contributed by atoms with Gasteiger partial charge in [-0.2, -0.15) is 33.7 Å². The number of rotatable bonds is 14. The quantitative estimate of drug-likeness (QED) is 0.165. The second-order valence-electron chi connectivity index (χ2n) is 13.2. The minimum atomic E-state index is -5.45. The van der Waals surface area contributed by atoms with Gasteiger partial charge >= 0.3 is 12.1 Å². The van der Waals surface area contributed by atoms with E-state index in [4.69, 9.17) is 0 Å². The molecular weight excluding hydrogens is 557 g/mol. The maximum Gasteiger partial charge on any atom is 0.453 e. The highest BCUT2D eigenvalue weighted by atomic mass is 32.2. The van der Waals surface area contributed by atoms with Crippen LogP contribution in [-0.4, -0.2) is 65.0 Å². The van der Waals surface area contributed by atoms with Crippen LogP contribution in [0, 0.1) is 23.2 Å². The summed E-state index contributed by atoms with van der Waals surface area (Å²) in [6.45, 7) is 4.20. The highest BCUT2D eigenvalue weighted by Crippen LogP contribution is 2.63. The van der Waals surface area contributed by atoms with Crippen molar-refractivity contribution in [2.24, 2.45) is 23.2 Å². The molecule has 2 fully saturated rings. The van der Waals surface area contributed by atoms with Crippen LogP contribution >= 0.6 is 11.8 Å². The molecule has 0 radical (unpaired) electrons. The Hall–Kier alpha value is -1.06. The van der Waals surface area contributed by atoms with E-state index in [1.165, 1.54) is 22.9 Å². The Morgan fingerprint density at radius 1 is 0.976 bits per heavy atom. The Morgan fingerprint density at radius 3 is 2.46 bits per heavy atom. The maximum absolute atomic E-state index is 13.0. The molecule has 234 valence electrons. The molecule has 1 aromatic rings. The summed E-state index contributed by atoms with van der Waals surface area (Å²) in [6.07, 6.45) is 3.79. The number of aliphatic hydroxyl groups is 1. The van der Waals surface area contributed by atoms with Crippen molar-refractivity contribution < 1.29 is 32.2 Å². The molecule has 0 aliphatic heterocycles. The van der Waals surface area contributed by atoms with Gasteiger partial charge in [0, 0.05) is 6.42 Å². The zero-order valence-corrected chi connectivity index (χ0v) is 25.4. The minimum Gasteiger partial charge on any atom is -0.508 e. The van der Waals surface area contributed by atoms with E-state index in [-0.39, 0.29) is 17.9 Å². The summed E-state index contributed by atoms with van der Waals surface area (Å²) < 4.78 is 62.6. The van der Waals surface area contributed by atoms with Gasteiger partial charge in [-0.3, -0.25) is 0 Å². The number of aliphatic hydroxyl groups excluding tert-OH is 1. The van der Waals surface area contributed by atoms with Gasteiger partial charge in [-0.15, -0.1) is 0 Å². The first-order chi connectivity index (χ1) is 19.3. The zero-order chi connectivity index (χ0) is 29.8. The van der Waals surface area contributed by atoms with Crippen LogP contribution in [0.4, 0.5) is 22.0 Å². The topological polar surface area (TPSA) is 43.7 Å². The summed E-state index contributed by atoms with van der Waals surface area (Å²) in [4.78, 5) is 2.28. The van der Waals surface area contributed by atoms with E-state index in [9.17, 15) is 32.2 Å². The standard InChI is InChI=1S/C32H48F5NO2S/c1-30-21-23(29-25-12-10-24(39)20-22(25)9-11-26(29)27(30)13-14-28(30)40)8-4-3-5-16-38(2)17-7-19-41-18-6-15-31(33,34)32(35,36)37/h10,12,20,23,26-29,39-40H,3-9,11,13-19,21H2,1-2H3/t23-,26-,27-,28-,29+,30-/m0/s1. The first kappa shape index (κ1) is 32.8. The fourth-order valence-corrected chi connectivity index (χ4v) is 9.17. The van der Waals surface area contributed by atoms with Crippen molar-refractivity contribution in [1.29, 1.82) is 0 Å². The van der Waals surface area contributed by atoms with Crippen molar-refractivity contribution in [1.82, 2.24) is 4.90 Å². The first-order valence-electron chi connectivity index (χ1n) is 15.5. The van der Waals surface area contributed by atoms with Gasteiger partial charge in [0.1, 0.15) is 5.75 Å². The largest absolute Gasteiger partial charge is 0.508 e. The van der Waals surface area contributed by atoms with Gasteiger partial charge in [0.25, 0.3) is 0 Å². The van der Waals surface area contributed by atoms with Gasteiger partial charge in [-0.25, -0.2) is 0 Å². The zero-order valence-electron chi connectivity index (χ0n) is 24.6. The monoisotopic (exact) mass is 605 g/mol. The van der Waals surface area contributed by atoms with Crippen LogP contribution in [0.1, 0.15) is 94.6 Å². The Morgan fingerprint density at radius 2 is 1.71 bits per heavy atom. The summed E-state index contributed by atoms with van der Waals surface area (Å²) in [5.41, 5.74) is 2.74. The average Bonchev–Trinajstić information content (AvgIpc) is 3.20. The lowest BCUT2D eigenvalue weighted by Gasteiger charge is -2.54. The van der Waals surface area contributed by atoms with Crippen LogP contribution in [0.3, 0.4) is 0 Å². The summed E-state index contributed by atoms with van der Waals surface area (Å²) in [7, 11) is 2.08. The molecule has 2 N–H and O–H groups in total. The van der Waals surface area contributed by atoms with Crippen molar-refractivity contribution in [2.75, 3.05) is 31.6 Å². The van der Waals surface area contributed by atoms with Crippen LogP contribution in [0.2, 0.25) is 0 Å². The molecule has 0 heterocycles. The lowest BCUT2D eigenvalue weighted by Crippen LogP contribution is -2.47. The molecular formula is C32H48F5NO2S. The van der Waals surface area contributed by atoms with E-state index >= 15 is 0 Å². The van der Waals surface area contributed by atoms with Crippen LogP contribution in [0.25, 0.3) is 0 Å². The molecule has 3 nitrogen and oxygen atoms in total. The second-order valence-corrected chi connectivity index (χ2v) is 14.4. The Bertz CT molecular complexity index is 991. The highest BCUT2D eigenvalue weighted by Gasteiger charge is 2.57. The van der Waals surface area contributed by atoms with Crippen molar-refractivity contribution in [3.8, 4) is 5.75 Å². The molecule has 41 heavy (non-hydrogen) atoms. The summed E-state index contributed by atoms with van der Waals surface area (Å²) in [5.74, 6) is -0.908.